The summed E-state index contributed by atoms with van der Waals surface area (Å²) in [6.07, 6.45) is 1.88. The van der Waals surface area contributed by atoms with E-state index in [1.807, 2.05) is 6.33 Å². The van der Waals surface area contributed by atoms with Crippen LogP contribution in [-0.2, 0) is 11.3 Å². The summed E-state index contributed by atoms with van der Waals surface area (Å²) in [5, 5.41) is 0. The van der Waals surface area contributed by atoms with Gasteiger partial charge < -0.3 is 19.1 Å². The third kappa shape index (κ3) is 4.49. The van der Waals surface area contributed by atoms with Crippen LogP contribution in [0, 0.1) is 5.82 Å². The zero-order valence-corrected chi connectivity index (χ0v) is 17.0. The minimum absolute atomic E-state index is 0.239. The number of aromatic nitrogens is 2. The van der Waals surface area contributed by atoms with Crippen LogP contribution >= 0.6 is 0 Å². The van der Waals surface area contributed by atoms with Gasteiger partial charge in [0, 0.05) is 43.0 Å². The molecule has 1 aliphatic heterocycles. The summed E-state index contributed by atoms with van der Waals surface area (Å²) < 4.78 is 21.1. The number of likely N-dealkylation sites (N-methyl/N-ethyl adjacent to an activating group) is 1. The molecule has 0 aliphatic carbocycles. The number of imidazole rings is 1. The first-order valence-electron chi connectivity index (χ1n) is 10.0. The van der Waals surface area contributed by atoms with E-state index in [-0.39, 0.29) is 5.82 Å². The average molecular weight is 394 g/mol. The van der Waals surface area contributed by atoms with Crippen molar-refractivity contribution < 1.29 is 9.13 Å². The standard InChI is InChI=1S/C23H27FN4O/c1-26(2)11-12-28-17-25-22(18-3-7-20(24)8-4-18)23(28)19-5-9-21(10-6-19)27-13-15-29-16-14-27/h3-10,17H,11-16H2,1-2H3. The summed E-state index contributed by atoms with van der Waals surface area (Å²) in [7, 11) is 4.13. The van der Waals surface area contributed by atoms with Gasteiger partial charge in [-0.1, -0.05) is 12.1 Å². The normalized spacial score (nSPS) is 14.6. The molecule has 152 valence electrons. The molecular formula is C23H27FN4O. The molecule has 0 amide bonds. The van der Waals surface area contributed by atoms with E-state index < -0.39 is 0 Å². The van der Waals surface area contributed by atoms with Crippen LogP contribution in [-0.4, -0.2) is 61.4 Å². The molecule has 1 aromatic heterocycles. The quantitative estimate of drug-likeness (QED) is 0.638. The van der Waals surface area contributed by atoms with E-state index in [1.54, 1.807) is 12.1 Å². The van der Waals surface area contributed by atoms with Crippen molar-refractivity contribution in [3.63, 3.8) is 0 Å². The Morgan fingerprint density at radius 1 is 0.966 bits per heavy atom. The Morgan fingerprint density at radius 2 is 1.62 bits per heavy atom. The lowest BCUT2D eigenvalue weighted by molar-refractivity contribution is 0.122. The summed E-state index contributed by atoms with van der Waals surface area (Å²) in [6.45, 7) is 5.13. The summed E-state index contributed by atoms with van der Waals surface area (Å²) >= 11 is 0. The highest BCUT2D eigenvalue weighted by molar-refractivity contribution is 5.79. The highest BCUT2D eigenvalue weighted by atomic mass is 19.1. The first-order valence-corrected chi connectivity index (χ1v) is 10.0. The number of benzene rings is 2. The van der Waals surface area contributed by atoms with Crippen molar-refractivity contribution in [1.82, 2.24) is 14.5 Å². The van der Waals surface area contributed by atoms with E-state index in [1.165, 1.54) is 17.8 Å². The summed E-state index contributed by atoms with van der Waals surface area (Å²) in [4.78, 5) is 9.18. The lowest BCUT2D eigenvalue weighted by atomic mass is 10.0. The molecule has 1 saturated heterocycles. The van der Waals surface area contributed by atoms with E-state index in [4.69, 9.17) is 4.74 Å². The number of nitrogens with zero attached hydrogens (tertiary/aromatic N) is 4. The van der Waals surface area contributed by atoms with Crippen LogP contribution < -0.4 is 4.90 Å². The van der Waals surface area contributed by atoms with Gasteiger partial charge in [0.2, 0.25) is 0 Å². The smallest absolute Gasteiger partial charge is 0.123 e. The van der Waals surface area contributed by atoms with Crippen LogP contribution in [0.5, 0.6) is 0 Å². The lowest BCUT2D eigenvalue weighted by Crippen LogP contribution is -2.36. The molecule has 0 saturated carbocycles. The fourth-order valence-corrected chi connectivity index (χ4v) is 3.63. The molecule has 3 aromatic rings. The number of rotatable bonds is 6. The van der Waals surface area contributed by atoms with Gasteiger partial charge in [0.05, 0.1) is 30.9 Å². The summed E-state index contributed by atoms with van der Waals surface area (Å²) in [5.74, 6) is -0.239. The number of hydrogen-bond donors (Lipinski definition) is 0. The Labute approximate surface area is 171 Å². The maximum absolute atomic E-state index is 13.4. The zero-order chi connectivity index (χ0) is 20.2. The highest BCUT2D eigenvalue weighted by Crippen LogP contribution is 2.32. The fraction of sp³-hybridized carbons (Fsp3) is 0.348. The molecule has 0 radical (unpaired) electrons. The number of hydrogen-bond acceptors (Lipinski definition) is 4. The molecule has 6 heteroatoms. The molecule has 2 aromatic carbocycles. The Balaban J connectivity index is 1.69. The van der Waals surface area contributed by atoms with Gasteiger partial charge in [-0.2, -0.15) is 0 Å². The first kappa shape index (κ1) is 19.6. The van der Waals surface area contributed by atoms with E-state index in [0.29, 0.717) is 0 Å². The second-order valence-electron chi connectivity index (χ2n) is 7.59. The van der Waals surface area contributed by atoms with E-state index in [9.17, 15) is 4.39 Å². The van der Waals surface area contributed by atoms with Crippen LogP contribution in [0.15, 0.2) is 54.9 Å². The van der Waals surface area contributed by atoms with Crippen LogP contribution in [0.3, 0.4) is 0 Å². The van der Waals surface area contributed by atoms with Crippen molar-refractivity contribution in [1.29, 1.82) is 0 Å². The third-order valence-electron chi connectivity index (χ3n) is 5.26. The van der Waals surface area contributed by atoms with Crippen molar-refractivity contribution in [2.75, 3.05) is 51.8 Å². The van der Waals surface area contributed by atoms with Gasteiger partial charge >= 0.3 is 0 Å². The maximum atomic E-state index is 13.4. The van der Waals surface area contributed by atoms with Crippen molar-refractivity contribution in [2.24, 2.45) is 0 Å². The molecule has 0 atom stereocenters. The van der Waals surface area contributed by atoms with Crippen molar-refractivity contribution in [2.45, 2.75) is 6.54 Å². The summed E-state index contributed by atoms with van der Waals surface area (Å²) in [5.41, 5.74) is 5.18. The first-order chi connectivity index (χ1) is 14.1. The maximum Gasteiger partial charge on any atom is 0.123 e. The molecule has 4 rings (SSSR count). The molecule has 2 heterocycles. The lowest BCUT2D eigenvalue weighted by Gasteiger charge is -2.29. The van der Waals surface area contributed by atoms with Crippen molar-refractivity contribution in [3.05, 3.63) is 60.7 Å². The third-order valence-corrected chi connectivity index (χ3v) is 5.26. The number of anilines is 1. The Kier molecular flexibility index (Phi) is 5.92. The second kappa shape index (κ2) is 8.76. The van der Waals surface area contributed by atoms with Crippen LogP contribution in [0.4, 0.5) is 10.1 Å². The molecule has 0 spiro atoms. The molecule has 29 heavy (non-hydrogen) atoms. The predicted molar refractivity (Wildman–Crippen MR) is 115 cm³/mol. The second-order valence-corrected chi connectivity index (χ2v) is 7.59. The van der Waals surface area contributed by atoms with Gasteiger partial charge in [-0.3, -0.25) is 0 Å². The Morgan fingerprint density at radius 3 is 2.28 bits per heavy atom. The fourth-order valence-electron chi connectivity index (χ4n) is 3.63. The van der Waals surface area contributed by atoms with Crippen molar-refractivity contribution >= 4 is 5.69 Å². The SMILES string of the molecule is CN(C)CCn1cnc(-c2ccc(F)cc2)c1-c1ccc(N2CCOCC2)cc1. The zero-order valence-electron chi connectivity index (χ0n) is 17.0. The Hall–Kier alpha value is -2.70. The molecule has 0 N–H and O–H groups in total. The molecule has 5 nitrogen and oxygen atoms in total. The molecular weight excluding hydrogens is 367 g/mol. The van der Waals surface area contributed by atoms with Crippen molar-refractivity contribution in [3.8, 4) is 22.5 Å². The summed E-state index contributed by atoms with van der Waals surface area (Å²) in [6, 6.07) is 15.2. The molecule has 0 bridgehead atoms. The predicted octanol–water partition coefficient (Wildman–Crippen LogP) is 3.75. The topological polar surface area (TPSA) is 33.5 Å². The Bertz CT molecular complexity index is 929. The molecule has 1 fully saturated rings. The van der Waals surface area contributed by atoms with Gasteiger partial charge in [0.25, 0.3) is 0 Å². The van der Waals surface area contributed by atoms with Gasteiger partial charge in [0.15, 0.2) is 0 Å². The molecule has 1 aliphatic rings. The van der Waals surface area contributed by atoms with E-state index in [0.717, 1.165) is 61.9 Å². The van der Waals surface area contributed by atoms with E-state index >= 15 is 0 Å². The minimum Gasteiger partial charge on any atom is -0.378 e. The largest absolute Gasteiger partial charge is 0.378 e. The minimum atomic E-state index is -0.239. The van der Waals surface area contributed by atoms with Gasteiger partial charge in [0.1, 0.15) is 5.82 Å². The highest BCUT2D eigenvalue weighted by Gasteiger charge is 2.17. The van der Waals surface area contributed by atoms with Crippen LogP contribution in [0.2, 0.25) is 0 Å². The van der Waals surface area contributed by atoms with Crippen LogP contribution in [0.1, 0.15) is 0 Å². The average Bonchev–Trinajstić information content (AvgIpc) is 3.17. The monoisotopic (exact) mass is 394 g/mol. The van der Waals surface area contributed by atoms with Gasteiger partial charge in [-0.25, -0.2) is 9.37 Å². The van der Waals surface area contributed by atoms with Gasteiger partial charge in [-0.05, 0) is 50.5 Å². The van der Waals surface area contributed by atoms with Crippen LogP contribution in [0.25, 0.3) is 22.5 Å². The number of morpholine rings is 1. The van der Waals surface area contributed by atoms with Gasteiger partial charge in [-0.15, -0.1) is 0 Å². The number of halogens is 1. The van der Waals surface area contributed by atoms with E-state index in [2.05, 4.69) is 57.7 Å². The molecule has 0 unspecified atom stereocenters. The number of ether oxygens (including phenoxy) is 1.